The molecule has 0 aliphatic carbocycles. The lowest BCUT2D eigenvalue weighted by molar-refractivity contribution is -0.116. The molecule has 34 heavy (non-hydrogen) atoms. The van der Waals surface area contributed by atoms with Gasteiger partial charge in [0.2, 0.25) is 5.91 Å². The van der Waals surface area contributed by atoms with Gasteiger partial charge in [0.15, 0.2) is 4.96 Å². The SMILES string of the molecule is O=C(Cn1cc(/C=c2/sc3nc4ccccc4n3c2=O)c2ccccc21)Nc1ccc(F)cc1. The zero-order valence-corrected chi connectivity index (χ0v) is 18.6. The summed E-state index contributed by atoms with van der Waals surface area (Å²) in [4.78, 5) is 31.0. The Balaban J connectivity index is 1.40. The number of benzene rings is 3. The number of imidazole rings is 1. The number of para-hydroxylation sites is 3. The summed E-state index contributed by atoms with van der Waals surface area (Å²) in [5.41, 5.74) is 3.72. The van der Waals surface area contributed by atoms with Crippen LogP contribution in [0.4, 0.5) is 10.1 Å². The zero-order chi connectivity index (χ0) is 23.2. The molecule has 1 N–H and O–H groups in total. The lowest BCUT2D eigenvalue weighted by Gasteiger charge is -2.07. The molecule has 0 fully saturated rings. The van der Waals surface area contributed by atoms with Crippen LogP contribution >= 0.6 is 11.3 Å². The van der Waals surface area contributed by atoms with Crippen LogP contribution in [-0.4, -0.2) is 19.9 Å². The van der Waals surface area contributed by atoms with Crippen molar-refractivity contribution in [2.24, 2.45) is 0 Å². The third-order valence-corrected chi connectivity index (χ3v) is 6.66. The van der Waals surface area contributed by atoms with Crippen molar-refractivity contribution in [2.75, 3.05) is 5.32 Å². The fourth-order valence-electron chi connectivity index (χ4n) is 4.16. The smallest absolute Gasteiger partial charge is 0.274 e. The normalized spacial score (nSPS) is 12.2. The summed E-state index contributed by atoms with van der Waals surface area (Å²) in [5.74, 6) is -0.592. The molecule has 1 amide bonds. The number of rotatable bonds is 4. The Morgan fingerprint density at radius 2 is 1.74 bits per heavy atom. The van der Waals surface area contributed by atoms with Crippen LogP contribution in [0.2, 0.25) is 0 Å². The Kier molecular flexibility index (Phi) is 4.74. The standard InChI is InChI=1S/C26H17FN4O2S/c27-17-9-11-18(12-10-17)28-24(32)15-30-14-16(19-5-1-3-7-21(19)30)13-23-25(33)31-22-8-4-2-6-20(22)29-26(31)34-23/h1-14H,15H2,(H,28,32)/b23-13+. The Hall–Kier alpha value is -4.30. The van der Waals surface area contributed by atoms with Crippen LogP contribution in [0.25, 0.3) is 33.0 Å². The van der Waals surface area contributed by atoms with Crippen molar-refractivity contribution < 1.29 is 9.18 Å². The van der Waals surface area contributed by atoms with Gasteiger partial charge in [0.1, 0.15) is 12.4 Å². The van der Waals surface area contributed by atoms with Gasteiger partial charge in [0.05, 0.1) is 15.6 Å². The molecule has 3 aromatic carbocycles. The molecule has 0 saturated heterocycles. The highest BCUT2D eigenvalue weighted by atomic mass is 32.1. The summed E-state index contributed by atoms with van der Waals surface area (Å²) in [5, 5.41) is 3.72. The first-order valence-corrected chi connectivity index (χ1v) is 11.4. The number of fused-ring (bicyclic) bond motifs is 4. The van der Waals surface area contributed by atoms with Crippen LogP contribution in [0.5, 0.6) is 0 Å². The third kappa shape index (κ3) is 3.45. The molecule has 3 aromatic heterocycles. The Bertz CT molecular complexity index is 1820. The van der Waals surface area contributed by atoms with E-state index < -0.39 is 0 Å². The molecule has 6 nitrogen and oxygen atoms in total. The summed E-state index contributed by atoms with van der Waals surface area (Å²) in [7, 11) is 0. The van der Waals surface area contributed by atoms with Gasteiger partial charge in [-0.15, -0.1) is 0 Å². The number of hydrogen-bond acceptors (Lipinski definition) is 4. The number of nitrogens with one attached hydrogen (secondary N) is 1. The predicted octanol–water partition coefficient (Wildman–Crippen LogP) is 4.19. The monoisotopic (exact) mass is 468 g/mol. The van der Waals surface area contributed by atoms with Crippen molar-refractivity contribution in [1.29, 1.82) is 0 Å². The molecular weight excluding hydrogens is 451 g/mol. The number of hydrogen-bond donors (Lipinski definition) is 1. The van der Waals surface area contributed by atoms with E-state index in [4.69, 9.17) is 0 Å². The van der Waals surface area contributed by atoms with Crippen molar-refractivity contribution in [1.82, 2.24) is 14.0 Å². The van der Waals surface area contributed by atoms with Gasteiger partial charge >= 0.3 is 0 Å². The topological polar surface area (TPSA) is 68.4 Å². The molecule has 0 bridgehead atoms. The highest BCUT2D eigenvalue weighted by molar-refractivity contribution is 7.15. The van der Waals surface area contributed by atoms with Crippen LogP contribution in [0, 0.1) is 5.82 Å². The minimum absolute atomic E-state index is 0.0777. The molecule has 0 unspecified atom stereocenters. The van der Waals surface area contributed by atoms with Gasteiger partial charge in [0.25, 0.3) is 5.56 Å². The lowest BCUT2D eigenvalue weighted by atomic mass is 10.2. The maximum Gasteiger partial charge on any atom is 0.274 e. The van der Waals surface area contributed by atoms with Gasteiger partial charge in [-0.2, -0.15) is 0 Å². The molecule has 0 aliphatic heterocycles. The maximum absolute atomic E-state index is 13.2. The van der Waals surface area contributed by atoms with Crippen molar-refractivity contribution >= 4 is 55.9 Å². The van der Waals surface area contributed by atoms with E-state index in [-0.39, 0.29) is 23.8 Å². The number of nitrogens with zero attached hydrogens (tertiary/aromatic N) is 3. The zero-order valence-electron chi connectivity index (χ0n) is 17.7. The molecule has 0 saturated carbocycles. The molecule has 166 valence electrons. The van der Waals surface area contributed by atoms with E-state index in [0.29, 0.717) is 15.2 Å². The molecule has 0 radical (unpaired) electrons. The molecule has 0 spiro atoms. The molecule has 0 aliphatic rings. The second-order valence-electron chi connectivity index (χ2n) is 7.92. The molecule has 6 aromatic rings. The van der Waals surface area contributed by atoms with Gasteiger partial charge in [-0.3, -0.25) is 9.59 Å². The highest BCUT2D eigenvalue weighted by Crippen LogP contribution is 2.23. The summed E-state index contributed by atoms with van der Waals surface area (Å²) >= 11 is 1.34. The number of halogens is 1. The van der Waals surface area contributed by atoms with Crippen LogP contribution in [-0.2, 0) is 11.3 Å². The minimum atomic E-state index is -0.360. The van der Waals surface area contributed by atoms with Gasteiger partial charge in [0, 0.05) is 28.4 Å². The minimum Gasteiger partial charge on any atom is -0.337 e. The first kappa shape index (κ1) is 20.3. The van der Waals surface area contributed by atoms with Crippen LogP contribution in [0.1, 0.15) is 5.56 Å². The maximum atomic E-state index is 13.2. The van der Waals surface area contributed by atoms with Gasteiger partial charge in [-0.25, -0.2) is 13.8 Å². The van der Waals surface area contributed by atoms with E-state index in [0.717, 1.165) is 27.5 Å². The van der Waals surface area contributed by atoms with E-state index in [1.54, 1.807) is 4.40 Å². The third-order valence-electron chi connectivity index (χ3n) is 5.69. The lowest BCUT2D eigenvalue weighted by Crippen LogP contribution is -2.22. The average Bonchev–Trinajstić information content (AvgIpc) is 3.47. The second-order valence-corrected chi connectivity index (χ2v) is 8.93. The van der Waals surface area contributed by atoms with E-state index in [1.165, 1.54) is 35.6 Å². The number of anilines is 1. The second kappa shape index (κ2) is 7.93. The van der Waals surface area contributed by atoms with E-state index in [2.05, 4.69) is 10.3 Å². The number of thiazole rings is 1. The Labute approximate surface area is 196 Å². The number of aromatic nitrogens is 3. The summed E-state index contributed by atoms with van der Waals surface area (Å²) in [6.07, 6.45) is 3.72. The number of amides is 1. The van der Waals surface area contributed by atoms with Gasteiger partial charge in [-0.1, -0.05) is 41.7 Å². The molecule has 6 rings (SSSR count). The van der Waals surface area contributed by atoms with Gasteiger partial charge < -0.3 is 9.88 Å². The summed E-state index contributed by atoms with van der Waals surface area (Å²) in [6.45, 7) is 0.0777. The Morgan fingerprint density at radius 1 is 1.00 bits per heavy atom. The average molecular weight is 469 g/mol. The first-order chi connectivity index (χ1) is 16.6. The fraction of sp³-hybridized carbons (Fsp3) is 0.0385. The van der Waals surface area contributed by atoms with Crippen molar-refractivity contribution in [3.05, 3.63) is 105 Å². The number of carbonyl (C=O) groups is 1. The summed E-state index contributed by atoms with van der Waals surface area (Å²) in [6, 6.07) is 20.9. The first-order valence-electron chi connectivity index (χ1n) is 10.6. The van der Waals surface area contributed by atoms with E-state index >= 15 is 0 Å². The van der Waals surface area contributed by atoms with Crippen molar-refractivity contribution in [3.8, 4) is 0 Å². The van der Waals surface area contributed by atoms with E-state index in [1.807, 2.05) is 65.4 Å². The number of carbonyl (C=O) groups excluding carboxylic acids is 1. The quantitative estimate of drug-likeness (QED) is 0.422. The molecular formula is C26H17FN4O2S. The van der Waals surface area contributed by atoms with Crippen LogP contribution < -0.4 is 15.4 Å². The molecule has 0 atom stereocenters. The summed E-state index contributed by atoms with van der Waals surface area (Å²) < 4.78 is 17.2. The predicted molar refractivity (Wildman–Crippen MR) is 133 cm³/mol. The molecule has 3 heterocycles. The fourth-order valence-corrected chi connectivity index (χ4v) is 5.14. The molecule has 8 heteroatoms. The van der Waals surface area contributed by atoms with Crippen LogP contribution in [0.3, 0.4) is 0 Å². The highest BCUT2D eigenvalue weighted by Gasteiger charge is 2.13. The van der Waals surface area contributed by atoms with Crippen LogP contribution in [0.15, 0.2) is 83.8 Å². The largest absolute Gasteiger partial charge is 0.337 e. The van der Waals surface area contributed by atoms with Crippen molar-refractivity contribution in [2.45, 2.75) is 6.54 Å². The van der Waals surface area contributed by atoms with Crippen molar-refractivity contribution in [3.63, 3.8) is 0 Å². The van der Waals surface area contributed by atoms with E-state index in [9.17, 15) is 14.0 Å². The van der Waals surface area contributed by atoms with Gasteiger partial charge in [-0.05, 0) is 48.5 Å². The Morgan fingerprint density at radius 3 is 2.56 bits per heavy atom.